The van der Waals surface area contributed by atoms with Gasteiger partial charge in [-0.15, -0.1) is 0 Å². The number of imide groups is 1. The van der Waals surface area contributed by atoms with Gasteiger partial charge in [0.2, 0.25) is 11.8 Å². The smallest absolute Gasteiger partial charge is 0.235 e. The number of carbonyl (C=O) groups excluding carboxylic acids is 2. The first kappa shape index (κ1) is 24.9. The molecule has 200 valence electrons. The predicted octanol–water partition coefficient (Wildman–Crippen LogP) is 3.17. The van der Waals surface area contributed by atoms with Crippen molar-refractivity contribution in [1.82, 2.24) is 25.3 Å². The minimum Gasteiger partial charge on any atom is -0.371 e. The van der Waals surface area contributed by atoms with Crippen molar-refractivity contribution in [2.75, 3.05) is 50.7 Å². The van der Waals surface area contributed by atoms with Crippen LogP contribution in [0.2, 0.25) is 0 Å². The third-order valence-corrected chi connectivity index (χ3v) is 9.95. The summed E-state index contributed by atoms with van der Waals surface area (Å²) in [5.74, 6) is -0.774. The lowest BCUT2D eigenvalue weighted by Gasteiger charge is -2.48. The fourth-order valence-corrected chi connectivity index (χ4v) is 7.33. The Morgan fingerprint density at radius 1 is 1.00 bits per heavy atom. The van der Waals surface area contributed by atoms with E-state index in [4.69, 9.17) is 5.10 Å². The molecule has 2 N–H and O–H groups in total. The van der Waals surface area contributed by atoms with Gasteiger partial charge >= 0.3 is 0 Å². The number of carbonyl (C=O) groups is 2. The van der Waals surface area contributed by atoms with Crippen molar-refractivity contribution in [2.24, 2.45) is 17.9 Å². The molecule has 8 heteroatoms. The van der Waals surface area contributed by atoms with Gasteiger partial charge in [0.1, 0.15) is 0 Å². The Hall–Kier alpha value is -2.45. The number of anilines is 1. The third kappa shape index (κ3) is 4.90. The lowest BCUT2D eigenvalue weighted by molar-refractivity contribution is -0.134. The van der Waals surface area contributed by atoms with Gasteiger partial charge in [-0.25, -0.2) is 0 Å². The van der Waals surface area contributed by atoms with E-state index in [9.17, 15) is 9.59 Å². The Morgan fingerprint density at radius 2 is 1.73 bits per heavy atom. The molecule has 4 saturated heterocycles. The zero-order valence-electron chi connectivity index (χ0n) is 22.5. The first-order valence-electron chi connectivity index (χ1n) is 14.3. The van der Waals surface area contributed by atoms with Crippen molar-refractivity contribution in [3.05, 3.63) is 23.9 Å². The molecule has 4 aliphatic heterocycles. The van der Waals surface area contributed by atoms with E-state index in [1.54, 1.807) is 0 Å². The van der Waals surface area contributed by atoms with Crippen molar-refractivity contribution >= 4 is 28.4 Å². The zero-order chi connectivity index (χ0) is 25.6. The number of rotatable bonds is 4. The molecule has 0 radical (unpaired) electrons. The molecule has 6 rings (SSSR count). The molecule has 2 aromatic rings. The first-order chi connectivity index (χ1) is 17.8. The Morgan fingerprint density at radius 3 is 2.43 bits per heavy atom. The Bertz CT molecular complexity index is 1160. The van der Waals surface area contributed by atoms with Crippen LogP contribution in [0.15, 0.2) is 18.2 Å². The number of likely N-dealkylation sites (tertiary alicyclic amines) is 1. The van der Waals surface area contributed by atoms with E-state index in [1.807, 2.05) is 11.7 Å². The van der Waals surface area contributed by atoms with Crippen LogP contribution >= 0.6 is 0 Å². The van der Waals surface area contributed by atoms with Gasteiger partial charge in [-0.1, -0.05) is 6.92 Å². The molecule has 4 aliphatic rings. The van der Waals surface area contributed by atoms with Gasteiger partial charge in [-0.2, -0.15) is 5.10 Å². The summed E-state index contributed by atoms with van der Waals surface area (Å²) in [7, 11) is 1.95. The van der Waals surface area contributed by atoms with E-state index < -0.39 is 0 Å². The topological polar surface area (TPSA) is 82.5 Å². The van der Waals surface area contributed by atoms with Crippen LogP contribution in [0.3, 0.4) is 0 Å². The number of nitrogens with one attached hydrogen (secondary N) is 2. The average molecular weight is 507 g/mol. The normalized spacial score (nSPS) is 26.5. The highest BCUT2D eigenvalue weighted by atomic mass is 16.2. The highest BCUT2D eigenvalue weighted by molar-refractivity contribution is 6.02. The van der Waals surface area contributed by atoms with Gasteiger partial charge in [0, 0.05) is 44.2 Å². The molecular weight excluding hydrogens is 464 g/mol. The predicted molar refractivity (Wildman–Crippen MR) is 146 cm³/mol. The number of aryl methyl sites for hydroxylation is 1. The monoisotopic (exact) mass is 506 g/mol. The number of aromatic nitrogens is 2. The van der Waals surface area contributed by atoms with E-state index in [0.29, 0.717) is 23.7 Å². The number of nitrogens with zero attached hydrogens (tertiary/aromatic N) is 4. The first-order valence-corrected chi connectivity index (χ1v) is 14.3. The third-order valence-electron chi connectivity index (χ3n) is 9.95. The van der Waals surface area contributed by atoms with Gasteiger partial charge in [-0.05, 0) is 100 Å². The van der Waals surface area contributed by atoms with Crippen LogP contribution < -0.4 is 15.5 Å². The van der Waals surface area contributed by atoms with Crippen LogP contribution in [0.4, 0.5) is 5.69 Å². The van der Waals surface area contributed by atoms with Crippen molar-refractivity contribution in [2.45, 2.75) is 64.2 Å². The second kappa shape index (κ2) is 9.70. The van der Waals surface area contributed by atoms with Crippen molar-refractivity contribution in [1.29, 1.82) is 0 Å². The molecule has 1 atom stereocenters. The highest BCUT2D eigenvalue weighted by Crippen LogP contribution is 2.42. The maximum atomic E-state index is 12.5. The summed E-state index contributed by atoms with van der Waals surface area (Å²) in [5, 5.41) is 11.7. The number of amides is 2. The lowest BCUT2D eigenvalue weighted by Crippen LogP contribution is -2.50. The molecule has 1 unspecified atom stereocenters. The number of piperidine rings is 4. The highest BCUT2D eigenvalue weighted by Gasteiger charge is 2.38. The van der Waals surface area contributed by atoms with Crippen molar-refractivity contribution in [3.8, 4) is 0 Å². The van der Waals surface area contributed by atoms with E-state index in [0.717, 1.165) is 29.7 Å². The quantitative estimate of drug-likeness (QED) is 0.620. The van der Waals surface area contributed by atoms with Crippen molar-refractivity contribution < 1.29 is 9.59 Å². The summed E-state index contributed by atoms with van der Waals surface area (Å²) in [5.41, 5.74) is 4.07. The van der Waals surface area contributed by atoms with Crippen LogP contribution in [0.25, 0.3) is 10.9 Å². The fraction of sp³-hybridized carbons (Fsp3) is 0.690. The fourth-order valence-electron chi connectivity index (χ4n) is 7.33. The number of fused-ring (bicyclic) bond motifs is 1. The molecule has 0 bridgehead atoms. The molecule has 37 heavy (non-hydrogen) atoms. The largest absolute Gasteiger partial charge is 0.371 e. The number of benzene rings is 1. The summed E-state index contributed by atoms with van der Waals surface area (Å²) < 4.78 is 1.89. The van der Waals surface area contributed by atoms with Crippen LogP contribution in [-0.4, -0.2) is 72.3 Å². The lowest BCUT2D eigenvalue weighted by atomic mass is 9.71. The molecule has 2 amide bonds. The van der Waals surface area contributed by atoms with E-state index in [2.05, 4.69) is 45.6 Å². The standard InChI is InChI=1S/C29H42N6O2/c1-28(20-34-15-11-29(12-16-34)7-13-30-14-8-29)9-17-35(18-10-28)21-3-4-22-24(19-21)33(2)32-26(22)23-5-6-25(36)31-27(23)37/h3-4,19,23,30H,5-18,20H2,1-2H3,(H,31,36,37). The summed E-state index contributed by atoms with van der Waals surface area (Å²) >= 11 is 0. The molecule has 1 spiro atoms. The van der Waals surface area contributed by atoms with Gasteiger partial charge in [0.25, 0.3) is 0 Å². The molecule has 8 nitrogen and oxygen atoms in total. The van der Waals surface area contributed by atoms with Crippen LogP contribution in [0, 0.1) is 10.8 Å². The van der Waals surface area contributed by atoms with Crippen LogP contribution in [-0.2, 0) is 16.6 Å². The van der Waals surface area contributed by atoms with E-state index in [1.165, 1.54) is 76.9 Å². The summed E-state index contributed by atoms with van der Waals surface area (Å²) in [6.07, 6.45) is 8.80. The van der Waals surface area contributed by atoms with E-state index >= 15 is 0 Å². The SMILES string of the molecule is Cn1nc(C2CCC(=O)NC2=O)c2ccc(N3CCC(C)(CN4CCC5(CCNCC5)CC4)CC3)cc21. The number of hydrogen-bond acceptors (Lipinski definition) is 6. The van der Waals surface area contributed by atoms with Crippen LogP contribution in [0.1, 0.15) is 69.9 Å². The molecule has 0 saturated carbocycles. The van der Waals surface area contributed by atoms with Crippen molar-refractivity contribution in [3.63, 3.8) is 0 Å². The average Bonchev–Trinajstić information content (AvgIpc) is 3.22. The summed E-state index contributed by atoms with van der Waals surface area (Å²) in [4.78, 5) is 29.3. The molecular formula is C29H42N6O2. The molecule has 5 heterocycles. The van der Waals surface area contributed by atoms with Gasteiger partial charge in [0.05, 0.1) is 17.1 Å². The van der Waals surface area contributed by atoms with Gasteiger partial charge in [0.15, 0.2) is 0 Å². The van der Waals surface area contributed by atoms with Crippen LogP contribution in [0.5, 0.6) is 0 Å². The molecule has 0 aliphatic carbocycles. The summed E-state index contributed by atoms with van der Waals surface area (Å²) in [6.45, 7) is 10.8. The van der Waals surface area contributed by atoms with Gasteiger partial charge in [-0.3, -0.25) is 19.6 Å². The maximum absolute atomic E-state index is 12.5. The number of hydrogen-bond donors (Lipinski definition) is 2. The molecule has 4 fully saturated rings. The Balaban J connectivity index is 1.09. The second-order valence-electron chi connectivity index (χ2n) is 12.5. The maximum Gasteiger partial charge on any atom is 0.235 e. The van der Waals surface area contributed by atoms with Gasteiger partial charge < -0.3 is 15.1 Å². The minimum atomic E-state index is -0.359. The molecule has 1 aromatic carbocycles. The zero-order valence-corrected chi connectivity index (χ0v) is 22.5. The Kier molecular flexibility index (Phi) is 6.51. The minimum absolute atomic E-state index is 0.188. The Labute approximate surface area is 220 Å². The second-order valence-corrected chi connectivity index (χ2v) is 12.5. The summed E-state index contributed by atoms with van der Waals surface area (Å²) in [6, 6.07) is 6.53. The molecule has 1 aromatic heterocycles. The van der Waals surface area contributed by atoms with E-state index in [-0.39, 0.29) is 17.7 Å².